The Morgan fingerprint density at radius 3 is 2.80 bits per heavy atom. The third-order valence-electron chi connectivity index (χ3n) is 4.90. The van der Waals surface area contributed by atoms with Gasteiger partial charge in [0.2, 0.25) is 5.95 Å². The van der Waals surface area contributed by atoms with Crippen LogP contribution >= 0.6 is 0 Å². The highest BCUT2D eigenvalue weighted by atomic mass is 19.1. The number of pyridine rings is 1. The van der Waals surface area contributed by atoms with E-state index >= 15 is 0 Å². The van der Waals surface area contributed by atoms with Gasteiger partial charge in [-0.05, 0) is 29.8 Å². The number of H-pyrrole nitrogens is 1. The molecule has 0 aliphatic rings. The summed E-state index contributed by atoms with van der Waals surface area (Å²) in [7, 11) is 1.53. The lowest BCUT2D eigenvalue weighted by atomic mass is 9.97. The van der Waals surface area contributed by atoms with Crippen LogP contribution in [0.2, 0.25) is 0 Å². The number of rotatable bonds is 7. The Balaban J connectivity index is 1.77. The summed E-state index contributed by atoms with van der Waals surface area (Å²) in [4.78, 5) is 20.3. The summed E-state index contributed by atoms with van der Waals surface area (Å²) in [6.07, 6.45) is 3.01. The third kappa shape index (κ3) is 3.88. The van der Waals surface area contributed by atoms with Gasteiger partial charge in [0.15, 0.2) is 5.78 Å². The van der Waals surface area contributed by atoms with Crippen molar-refractivity contribution >= 4 is 22.4 Å². The maximum atomic E-state index is 13.5. The summed E-state index contributed by atoms with van der Waals surface area (Å²) in [5, 5.41) is 13.5. The summed E-state index contributed by atoms with van der Waals surface area (Å²) in [6, 6.07) is 14.6. The number of aromatic nitrogens is 2. The number of methoxy groups -OCH3 is 1. The Kier molecular flexibility index (Phi) is 5.45. The van der Waals surface area contributed by atoms with Crippen molar-refractivity contribution in [3.63, 3.8) is 0 Å². The van der Waals surface area contributed by atoms with E-state index in [1.807, 2.05) is 24.3 Å². The first kappa shape index (κ1) is 19.6. The molecule has 152 valence electrons. The molecule has 0 saturated heterocycles. The molecular formula is C23H20FN3O3. The number of hydrogen-bond acceptors (Lipinski definition) is 5. The van der Waals surface area contributed by atoms with Gasteiger partial charge in [-0.2, -0.15) is 4.39 Å². The van der Waals surface area contributed by atoms with Crippen LogP contribution in [0.5, 0.6) is 5.75 Å². The SMILES string of the molecule is COc1cc(CO)cc(NC(C(=O)c2c[nH]c3ccccc23)c2ccc(F)nc2)c1. The van der Waals surface area contributed by atoms with Gasteiger partial charge in [-0.25, -0.2) is 4.98 Å². The molecule has 2 aromatic carbocycles. The molecule has 0 saturated carbocycles. The second kappa shape index (κ2) is 8.34. The fourth-order valence-electron chi connectivity index (χ4n) is 3.41. The van der Waals surface area contributed by atoms with Gasteiger partial charge in [0, 0.05) is 46.2 Å². The van der Waals surface area contributed by atoms with Gasteiger partial charge in [-0.15, -0.1) is 0 Å². The number of nitrogens with one attached hydrogen (secondary N) is 2. The molecule has 0 aliphatic heterocycles. The van der Waals surface area contributed by atoms with Gasteiger partial charge in [-0.1, -0.05) is 24.3 Å². The first-order valence-electron chi connectivity index (χ1n) is 9.36. The normalized spacial score (nSPS) is 12.0. The largest absolute Gasteiger partial charge is 0.497 e. The highest BCUT2D eigenvalue weighted by Crippen LogP contribution is 2.29. The molecule has 7 heteroatoms. The lowest BCUT2D eigenvalue weighted by molar-refractivity contribution is 0.0971. The number of hydrogen-bond donors (Lipinski definition) is 3. The Bertz CT molecular complexity index is 1170. The number of halogens is 1. The minimum Gasteiger partial charge on any atom is -0.497 e. The lowest BCUT2D eigenvalue weighted by Crippen LogP contribution is -2.21. The summed E-state index contributed by atoms with van der Waals surface area (Å²) < 4.78 is 18.7. The number of ether oxygens (including phenoxy) is 1. The molecule has 6 nitrogen and oxygen atoms in total. The number of anilines is 1. The number of nitrogens with zero attached hydrogens (tertiary/aromatic N) is 1. The van der Waals surface area contributed by atoms with Crippen molar-refractivity contribution in [3.05, 3.63) is 89.6 Å². The van der Waals surface area contributed by atoms with E-state index in [2.05, 4.69) is 15.3 Å². The predicted molar refractivity (Wildman–Crippen MR) is 112 cm³/mol. The number of para-hydroxylation sites is 1. The monoisotopic (exact) mass is 405 g/mol. The molecule has 1 atom stereocenters. The Labute approximate surface area is 172 Å². The average molecular weight is 405 g/mol. The van der Waals surface area contributed by atoms with Gasteiger partial charge in [0.25, 0.3) is 0 Å². The number of fused-ring (bicyclic) bond motifs is 1. The molecule has 0 amide bonds. The average Bonchev–Trinajstić information content (AvgIpc) is 3.21. The minimum absolute atomic E-state index is 0.176. The molecule has 2 heterocycles. The molecule has 2 aromatic heterocycles. The van der Waals surface area contributed by atoms with Gasteiger partial charge >= 0.3 is 0 Å². The van der Waals surface area contributed by atoms with E-state index in [0.29, 0.717) is 28.1 Å². The van der Waals surface area contributed by atoms with Crippen molar-refractivity contribution in [1.82, 2.24) is 9.97 Å². The van der Waals surface area contributed by atoms with Crippen LogP contribution in [0.25, 0.3) is 10.9 Å². The summed E-state index contributed by atoms with van der Waals surface area (Å²) in [5.74, 6) is -0.283. The molecule has 0 aliphatic carbocycles. The van der Waals surface area contributed by atoms with E-state index in [1.165, 1.54) is 25.4 Å². The molecule has 3 N–H and O–H groups in total. The molecule has 0 radical (unpaired) electrons. The fraction of sp³-hybridized carbons (Fsp3) is 0.130. The topological polar surface area (TPSA) is 87.2 Å². The molecule has 30 heavy (non-hydrogen) atoms. The zero-order valence-corrected chi connectivity index (χ0v) is 16.2. The molecule has 0 bridgehead atoms. The maximum Gasteiger partial charge on any atom is 0.212 e. The summed E-state index contributed by atoms with van der Waals surface area (Å²) >= 11 is 0. The molecule has 4 rings (SSSR count). The van der Waals surface area contributed by atoms with Crippen molar-refractivity contribution < 1.29 is 19.0 Å². The molecular weight excluding hydrogens is 385 g/mol. The van der Waals surface area contributed by atoms with Crippen molar-refractivity contribution in [2.45, 2.75) is 12.6 Å². The number of ketones is 1. The molecule has 0 spiro atoms. The number of carbonyl (C=O) groups is 1. The van der Waals surface area contributed by atoms with E-state index in [9.17, 15) is 14.3 Å². The first-order valence-corrected chi connectivity index (χ1v) is 9.36. The number of aliphatic hydroxyl groups is 1. The van der Waals surface area contributed by atoms with Gasteiger partial charge in [0.05, 0.1) is 13.7 Å². The second-order valence-electron chi connectivity index (χ2n) is 6.83. The zero-order chi connectivity index (χ0) is 21.1. The van der Waals surface area contributed by atoms with E-state index < -0.39 is 12.0 Å². The Morgan fingerprint density at radius 1 is 1.23 bits per heavy atom. The third-order valence-corrected chi connectivity index (χ3v) is 4.90. The number of benzene rings is 2. The molecule has 4 aromatic rings. The highest BCUT2D eigenvalue weighted by molar-refractivity contribution is 6.11. The van der Waals surface area contributed by atoms with Crippen LogP contribution in [-0.2, 0) is 6.61 Å². The number of Topliss-reactive ketones (excluding diaryl/α,β-unsaturated/α-hetero) is 1. The van der Waals surface area contributed by atoms with Crippen LogP contribution in [0.1, 0.15) is 27.5 Å². The number of aromatic amines is 1. The Hall–Kier alpha value is -3.71. The van der Waals surface area contributed by atoms with E-state index in [1.54, 1.807) is 24.4 Å². The van der Waals surface area contributed by atoms with Crippen LogP contribution in [0.3, 0.4) is 0 Å². The van der Waals surface area contributed by atoms with E-state index in [4.69, 9.17) is 4.74 Å². The van der Waals surface area contributed by atoms with Crippen LogP contribution in [0, 0.1) is 5.95 Å². The van der Waals surface area contributed by atoms with Crippen molar-refractivity contribution in [3.8, 4) is 5.75 Å². The van der Waals surface area contributed by atoms with Gasteiger partial charge in [-0.3, -0.25) is 4.79 Å². The van der Waals surface area contributed by atoms with Crippen molar-refractivity contribution in [2.24, 2.45) is 0 Å². The lowest BCUT2D eigenvalue weighted by Gasteiger charge is -2.20. The van der Waals surface area contributed by atoms with E-state index in [-0.39, 0.29) is 12.4 Å². The summed E-state index contributed by atoms with van der Waals surface area (Å²) in [6.45, 7) is -0.176. The number of aliphatic hydroxyl groups excluding tert-OH is 1. The number of carbonyl (C=O) groups excluding carboxylic acids is 1. The molecule has 1 unspecified atom stereocenters. The van der Waals surface area contributed by atoms with Crippen LogP contribution < -0.4 is 10.1 Å². The quantitative estimate of drug-likeness (QED) is 0.316. The standard InChI is InChI=1S/C23H20FN3O3/c1-30-17-9-14(13-28)8-16(10-17)27-22(15-6-7-21(24)26-11-15)23(29)19-12-25-20-5-3-2-4-18(19)20/h2-12,22,25,27-28H,13H2,1H3. The van der Waals surface area contributed by atoms with Crippen LogP contribution in [0.15, 0.2) is 67.0 Å². The van der Waals surface area contributed by atoms with Crippen LogP contribution in [-0.4, -0.2) is 28.0 Å². The fourth-order valence-corrected chi connectivity index (χ4v) is 3.41. The summed E-state index contributed by atoms with van der Waals surface area (Å²) in [5.41, 5.74) is 3.09. The zero-order valence-electron chi connectivity index (χ0n) is 16.2. The minimum atomic E-state index is -0.823. The maximum absolute atomic E-state index is 13.5. The van der Waals surface area contributed by atoms with E-state index in [0.717, 1.165) is 10.9 Å². The van der Waals surface area contributed by atoms with Crippen molar-refractivity contribution in [1.29, 1.82) is 0 Å². The van der Waals surface area contributed by atoms with Crippen molar-refractivity contribution in [2.75, 3.05) is 12.4 Å². The predicted octanol–water partition coefficient (Wildman–Crippen LogP) is 4.24. The first-order chi connectivity index (χ1) is 14.6. The van der Waals surface area contributed by atoms with Crippen LogP contribution in [0.4, 0.5) is 10.1 Å². The molecule has 0 fully saturated rings. The smallest absolute Gasteiger partial charge is 0.212 e. The Morgan fingerprint density at radius 2 is 2.07 bits per heavy atom. The van der Waals surface area contributed by atoms with Gasteiger partial charge < -0.3 is 20.1 Å². The van der Waals surface area contributed by atoms with Gasteiger partial charge in [0.1, 0.15) is 11.8 Å². The highest BCUT2D eigenvalue weighted by Gasteiger charge is 2.25. The second-order valence-corrected chi connectivity index (χ2v) is 6.83.